The van der Waals surface area contributed by atoms with Crippen molar-refractivity contribution in [2.24, 2.45) is 13.0 Å². The highest BCUT2D eigenvalue weighted by Crippen LogP contribution is 2.39. The fraction of sp³-hybridized carbons (Fsp3) is 0.400. The Balaban J connectivity index is 1.80. The van der Waals surface area contributed by atoms with E-state index in [1.54, 1.807) is 23.0 Å². The largest absolute Gasteiger partial charge is 0.393 e. The second-order valence-corrected chi connectivity index (χ2v) is 5.50. The number of nitriles is 1. The molecule has 1 aliphatic carbocycles. The summed E-state index contributed by atoms with van der Waals surface area (Å²) in [5.41, 5.74) is 1.62. The third kappa shape index (κ3) is 2.88. The van der Waals surface area contributed by atoms with Gasteiger partial charge in [-0.3, -0.25) is 4.68 Å². The minimum atomic E-state index is -0.204. The lowest BCUT2D eigenvalue weighted by atomic mass is 9.75. The van der Waals surface area contributed by atoms with E-state index in [-0.39, 0.29) is 12.1 Å². The van der Waals surface area contributed by atoms with Crippen LogP contribution in [0.3, 0.4) is 0 Å². The zero-order valence-corrected chi connectivity index (χ0v) is 11.8. The molecule has 0 bridgehead atoms. The Morgan fingerprint density at radius 2 is 2.24 bits per heavy atom. The summed E-state index contributed by atoms with van der Waals surface area (Å²) in [6.45, 7) is 0. The van der Waals surface area contributed by atoms with Crippen molar-refractivity contribution in [3.63, 3.8) is 0 Å². The summed E-state index contributed by atoms with van der Waals surface area (Å²) in [4.78, 5) is 4.26. The van der Waals surface area contributed by atoms with Crippen LogP contribution < -0.4 is 5.32 Å². The minimum Gasteiger partial charge on any atom is -0.393 e. The van der Waals surface area contributed by atoms with Crippen molar-refractivity contribution in [1.29, 1.82) is 5.26 Å². The maximum Gasteiger partial charge on any atom is 0.126 e. The van der Waals surface area contributed by atoms with Gasteiger partial charge in [0.25, 0.3) is 0 Å². The van der Waals surface area contributed by atoms with E-state index in [2.05, 4.69) is 21.5 Å². The smallest absolute Gasteiger partial charge is 0.126 e. The molecule has 2 aromatic heterocycles. The lowest BCUT2D eigenvalue weighted by molar-refractivity contribution is 0.0339. The molecule has 2 aromatic rings. The minimum absolute atomic E-state index is 0.0718. The number of aromatic nitrogens is 3. The molecule has 0 amide bonds. The first-order chi connectivity index (χ1) is 10.2. The van der Waals surface area contributed by atoms with Crippen LogP contribution in [0, 0.1) is 17.2 Å². The molecule has 0 aromatic carbocycles. The first kappa shape index (κ1) is 13.6. The maximum atomic E-state index is 9.55. The van der Waals surface area contributed by atoms with Gasteiger partial charge in [0.05, 0.1) is 23.9 Å². The van der Waals surface area contributed by atoms with Crippen LogP contribution in [0.4, 0.5) is 5.82 Å². The number of anilines is 1. The van der Waals surface area contributed by atoms with Gasteiger partial charge in [0.1, 0.15) is 11.9 Å². The predicted molar refractivity (Wildman–Crippen MR) is 77.3 cm³/mol. The highest BCUT2D eigenvalue weighted by Gasteiger charge is 2.35. The standard InChI is InChI=1S/C15H17N5O/c1-20-9-12(8-18-20)15(11-4-13(21)5-11)19-14-3-2-10(6-16)7-17-14/h2-3,7-9,11,13,15,21H,4-5H2,1H3,(H,17,19). The Morgan fingerprint density at radius 1 is 1.43 bits per heavy atom. The van der Waals surface area contributed by atoms with Crippen LogP contribution in [0.2, 0.25) is 0 Å². The quantitative estimate of drug-likeness (QED) is 0.890. The lowest BCUT2D eigenvalue weighted by Crippen LogP contribution is -2.36. The van der Waals surface area contributed by atoms with Gasteiger partial charge in [-0.1, -0.05) is 0 Å². The molecule has 108 valence electrons. The zero-order chi connectivity index (χ0) is 14.8. The number of aliphatic hydroxyl groups is 1. The molecular formula is C15H17N5O. The number of aryl methyl sites for hydroxylation is 1. The molecule has 1 aliphatic rings. The molecule has 1 atom stereocenters. The summed E-state index contributed by atoms with van der Waals surface area (Å²) < 4.78 is 1.77. The van der Waals surface area contributed by atoms with Gasteiger partial charge in [-0.25, -0.2) is 4.98 Å². The molecule has 1 fully saturated rings. The van der Waals surface area contributed by atoms with Crippen molar-refractivity contribution < 1.29 is 5.11 Å². The summed E-state index contributed by atoms with van der Waals surface area (Å²) in [6.07, 6.45) is 6.73. The molecule has 21 heavy (non-hydrogen) atoms. The van der Waals surface area contributed by atoms with E-state index in [9.17, 15) is 5.11 Å². The number of nitrogens with zero attached hydrogens (tertiary/aromatic N) is 4. The maximum absolute atomic E-state index is 9.55. The molecule has 6 heteroatoms. The Bertz CT molecular complexity index is 651. The highest BCUT2D eigenvalue weighted by atomic mass is 16.3. The van der Waals surface area contributed by atoms with Crippen LogP contribution in [0.5, 0.6) is 0 Å². The number of hydrogen-bond acceptors (Lipinski definition) is 5. The molecule has 3 rings (SSSR count). The highest BCUT2D eigenvalue weighted by molar-refractivity contribution is 5.41. The summed E-state index contributed by atoms with van der Waals surface area (Å²) in [5, 5.41) is 26.0. The summed E-state index contributed by atoms with van der Waals surface area (Å²) in [6, 6.07) is 5.67. The van der Waals surface area contributed by atoms with Crippen molar-refractivity contribution in [3.05, 3.63) is 41.9 Å². The average Bonchev–Trinajstić information content (AvgIpc) is 2.89. The van der Waals surface area contributed by atoms with Gasteiger partial charge in [-0.05, 0) is 30.9 Å². The molecule has 1 unspecified atom stereocenters. The van der Waals surface area contributed by atoms with Gasteiger partial charge < -0.3 is 10.4 Å². The second-order valence-electron chi connectivity index (χ2n) is 5.50. The van der Waals surface area contributed by atoms with Crippen molar-refractivity contribution in [1.82, 2.24) is 14.8 Å². The van der Waals surface area contributed by atoms with Crippen molar-refractivity contribution >= 4 is 5.82 Å². The van der Waals surface area contributed by atoms with Crippen LogP contribution in [0.1, 0.15) is 30.0 Å². The Kier molecular flexibility index (Phi) is 3.59. The van der Waals surface area contributed by atoms with Crippen molar-refractivity contribution in [2.75, 3.05) is 5.32 Å². The molecule has 6 nitrogen and oxygen atoms in total. The fourth-order valence-corrected chi connectivity index (χ4v) is 2.68. The van der Waals surface area contributed by atoms with E-state index < -0.39 is 0 Å². The van der Waals surface area contributed by atoms with Gasteiger partial charge in [-0.2, -0.15) is 10.4 Å². The monoisotopic (exact) mass is 283 g/mol. The first-order valence-electron chi connectivity index (χ1n) is 6.95. The number of hydrogen-bond donors (Lipinski definition) is 2. The second kappa shape index (κ2) is 5.54. The molecule has 1 saturated carbocycles. The number of pyridine rings is 1. The van der Waals surface area contributed by atoms with Crippen molar-refractivity contribution in [2.45, 2.75) is 25.0 Å². The SMILES string of the molecule is Cn1cc(C(Nc2ccc(C#N)cn2)C2CC(O)C2)cn1. The van der Waals surface area contributed by atoms with Crippen LogP contribution in [-0.2, 0) is 7.05 Å². The van der Waals surface area contributed by atoms with Crippen molar-refractivity contribution in [3.8, 4) is 6.07 Å². The van der Waals surface area contributed by atoms with Crippen LogP contribution in [0.25, 0.3) is 0 Å². The Morgan fingerprint density at radius 3 is 2.76 bits per heavy atom. The van der Waals surface area contributed by atoms with E-state index in [1.165, 1.54) is 0 Å². The Labute approximate surface area is 123 Å². The topological polar surface area (TPSA) is 86.8 Å². The fourth-order valence-electron chi connectivity index (χ4n) is 2.68. The molecule has 2 N–H and O–H groups in total. The van der Waals surface area contributed by atoms with Gasteiger partial charge in [-0.15, -0.1) is 0 Å². The van der Waals surface area contributed by atoms with Gasteiger partial charge in [0, 0.05) is 25.0 Å². The molecule has 0 spiro atoms. The van der Waals surface area contributed by atoms with Crippen LogP contribution >= 0.6 is 0 Å². The Hall–Kier alpha value is -2.39. The van der Waals surface area contributed by atoms with E-state index in [4.69, 9.17) is 5.26 Å². The lowest BCUT2D eigenvalue weighted by Gasteiger charge is -2.37. The third-order valence-electron chi connectivity index (χ3n) is 3.90. The molecule has 0 aliphatic heterocycles. The van der Waals surface area contributed by atoms with E-state index in [0.717, 1.165) is 24.2 Å². The summed E-state index contributed by atoms with van der Waals surface area (Å²) in [7, 11) is 1.89. The van der Waals surface area contributed by atoms with Gasteiger partial charge in [0.15, 0.2) is 0 Å². The molecule has 2 heterocycles. The van der Waals surface area contributed by atoms with Gasteiger partial charge >= 0.3 is 0 Å². The van der Waals surface area contributed by atoms with Crippen LogP contribution in [-0.4, -0.2) is 26.0 Å². The van der Waals surface area contributed by atoms with E-state index in [1.807, 2.05) is 19.4 Å². The van der Waals surface area contributed by atoms with Crippen LogP contribution in [0.15, 0.2) is 30.7 Å². The summed E-state index contributed by atoms with van der Waals surface area (Å²) in [5.74, 6) is 1.09. The van der Waals surface area contributed by atoms with E-state index in [0.29, 0.717) is 11.5 Å². The third-order valence-corrected chi connectivity index (χ3v) is 3.90. The molecule has 0 radical (unpaired) electrons. The number of rotatable bonds is 4. The van der Waals surface area contributed by atoms with E-state index >= 15 is 0 Å². The predicted octanol–water partition coefficient (Wildman–Crippen LogP) is 1.61. The number of aliphatic hydroxyl groups excluding tert-OH is 1. The summed E-state index contributed by atoms with van der Waals surface area (Å²) >= 11 is 0. The molecular weight excluding hydrogens is 266 g/mol. The first-order valence-corrected chi connectivity index (χ1v) is 6.95. The average molecular weight is 283 g/mol. The molecule has 0 saturated heterocycles. The normalized spacial score (nSPS) is 22.1. The van der Waals surface area contributed by atoms with Gasteiger partial charge in [0.2, 0.25) is 0 Å². The number of nitrogens with one attached hydrogen (secondary N) is 1. The zero-order valence-electron chi connectivity index (χ0n) is 11.8.